The first-order chi connectivity index (χ1) is 15.1. The van der Waals surface area contributed by atoms with E-state index in [-0.39, 0.29) is 10.8 Å². The Balaban J connectivity index is 1.86. The number of amides is 1. The largest absolute Gasteiger partial charge is 0.322 e. The third-order valence-electron chi connectivity index (χ3n) is 4.20. The summed E-state index contributed by atoms with van der Waals surface area (Å²) in [4.78, 5) is 14.5. The zero-order valence-corrected chi connectivity index (χ0v) is 19.5. The van der Waals surface area contributed by atoms with Crippen molar-refractivity contribution in [2.24, 2.45) is 0 Å². The molecule has 0 heterocycles. The smallest absolute Gasteiger partial charge is 0.256 e. The van der Waals surface area contributed by atoms with E-state index in [0.29, 0.717) is 21.7 Å². The lowest BCUT2D eigenvalue weighted by Crippen LogP contribution is -2.40. The fourth-order valence-electron chi connectivity index (χ4n) is 2.91. The van der Waals surface area contributed by atoms with Crippen molar-refractivity contribution in [3.63, 3.8) is 0 Å². The van der Waals surface area contributed by atoms with Crippen molar-refractivity contribution in [3.05, 3.63) is 83.9 Å². The van der Waals surface area contributed by atoms with Crippen molar-refractivity contribution in [1.82, 2.24) is 4.72 Å². The maximum atomic E-state index is 13.0. The molecule has 3 rings (SSSR count). The number of nitriles is 1. The molecule has 0 spiro atoms. The van der Waals surface area contributed by atoms with E-state index in [9.17, 15) is 18.5 Å². The minimum Gasteiger partial charge on any atom is -0.322 e. The second-order valence-corrected chi connectivity index (χ2v) is 10.8. The van der Waals surface area contributed by atoms with Gasteiger partial charge in [0.2, 0.25) is 10.0 Å². The molecule has 2 N–H and O–H groups in total. The summed E-state index contributed by atoms with van der Waals surface area (Å²) in [6.45, 7) is 5.28. The maximum absolute atomic E-state index is 13.0. The highest BCUT2D eigenvalue weighted by atomic mass is 32.2. The van der Waals surface area contributed by atoms with Gasteiger partial charge in [-0.3, -0.25) is 4.79 Å². The first kappa shape index (κ1) is 23.5. The van der Waals surface area contributed by atoms with Crippen LogP contribution in [0.4, 0.5) is 5.69 Å². The number of carbonyl (C=O) groups is 1. The highest BCUT2D eigenvalue weighted by molar-refractivity contribution is 7.99. The first-order valence-corrected chi connectivity index (χ1v) is 12.1. The molecule has 8 heteroatoms. The number of benzene rings is 3. The summed E-state index contributed by atoms with van der Waals surface area (Å²) in [6, 6.07) is 22.5. The van der Waals surface area contributed by atoms with Crippen LogP contribution in [0.1, 0.15) is 36.7 Å². The predicted molar refractivity (Wildman–Crippen MR) is 126 cm³/mol. The van der Waals surface area contributed by atoms with Crippen molar-refractivity contribution in [3.8, 4) is 6.07 Å². The van der Waals surface area contributed by atoms with Gasteiger partial charge < -0.3 is 5.32 Å². The molecule has 3 aromatic carbocycles. The third kappa shape index (κ3) is 5.98. The monoisotopic (exact) mass is 465 g/mol. The molecule has 0 aliphatic carbocycles. The van der Waals surface area contributed by atoms with Crippen LogP contribution in [0.5, 0.6) is 0 Å². The molecule has 6 nitrogen and oxygen atoms in total. The number of nitrogens with zero attached hydrogens (tertiary/aromatic N) is 1. The summed E-state index contributed by atoms with van der Waals surface area (Å²) < 4.78 is 27.8. The molecular weight excluding hydrogens is 442 g/mol. The SMILES string of the molecule is CC(C)(C)NS(=O)(=O)c1cccc(NC(=O)c2ccccc2Sc2ccccc2C#N)c1. The normalized spacial score (nSPS) is 11.6. The van der Waals surface area contributed by atoms with Gasteiger partial charge in [-0.15, -0.1) is 0 Å². The van der Waals surface area contributed by atoms with E-state index in [1.54, 1.807) is 57.2 Å². The number of carbonyl (C=O) groups excluding carboxylic acids is 1. The number of nitrogens with one attached hydrogen (secondary N) is 2. The molecule has 0 radical (unpaired) electrons. The summed E-state index contributed by atoms with van der Waals surface area (Å²) in [5.74, 6) is -0.374. The Labute approximate surface area is 192 Å². The van der Waals surface area contributed by atoms with Gasteiger partial charge in [0.15, 0.2) is 0 Å². The zero-order chi connectivity index (χ0) is 23.4. The first-order valence-electron chi connectivity index (χ1n) is 9.80. The predicted octanol–water partition coefficient (Wildman–Crippen LogP) is 5.04. The van der Waals surface area contributed by atoms with E-state index >= 15 is 0 Å². The molecule has 0 aromatic heterocycles. The van der Waals surface area contributed by atoms with Gasteiger partial charge in [0.25, 0.3) is 5.91 Å². The molecule has 0 fully saturated rings. The lowest BCUT2D eigenvalue weighted by atomic mass is 10.1. The van der Waals surface area contributed by atoms with Crippen molar-refractivity contribution in [1.29, 1.82) is 5.26 Å². The Hall–Kier alpha value is -3.12. The Morgan fingerprint density at radius 3 is 2.28 bits per heavy atom. The van der Waals surface area contributed by atoms with Gasteiger partial charge in [0.1, 0.15) is 6.07 Å². The summed E-state index contributed by atoms with van der Waals surface area (Å²) in [7, 11) is -3.73. The summed E-state index contributed by atoms with van der Waals surface area (Å²) >= 11 is 1.33. The van der Waals surface area contributed by atoms with Crippen LogP contribution in [-0.4, -0.2) is 19.9 Å². The van der Waals surface area contributed by atoms with E-state index in [2.05, 4.69) is 16.1 Å². The minimum atomic E-state index is -3.73. The van der Waals surface area contributed by atoms with Crippen LogP contribution in [0.3, 0.4) is 0 Å². The fourth-order valence-corrected chi connectivity index (χ4v) is 5.40. The fraction of sp³-hybridized carbons (Fsp3) is 0.167. The van der Waals surface area contributed by atoms with E-state index in [4.69, 9.17) is 0 Å². The maximum Gasteiger partial charge on any atom is 0.256 e. The van der Waals surface area contributed by atoms with E-state index in [1.165, 1.54) is 23.9 Å². The second kappa shape index (κ2) is 9.57. The Bertz CT molecular complexity index is 1290. The third-order valence-corrected chi connectivity index (χ3v) is 7.11. The molecule has 0 aliphatic rings. The number of rotatable bonds is 6. The lowest BCUT2D eigenvalue weighted by Gasteiger charge is -2.20. The van der Waals surface area contributed by atoms with Crippen molar-refractivity contribution < 1.29 is 13.2 Å². The average molecular weight is 466 g/mol. The average Bonchev–Trinajstić information content (AvgIpc) is 2.73. The topological polar surface area (TPSA) is 99.1 Å². The number of anilines is 1. The van der Waals surface area contributed by atoms with Crippen LogP contribution in [-0.2, 0) is 10.0 Å². The highest BCUT2D eigenvalue weighted by Gasteiger charge is 2.22. The van der Waals surface area contributed by atoms with Crippen LogP contribution in [0, 0.1) is 11.3 Å². The van der Waals surface area contributed by atoms with Crippen molar-refractivity contribution in [2.45, 2.75) is 41.0 Å². The van der Waals surface area contributed by atoms with Gasteiger partial charge >= 0.3 is 0 Å². The number of hydrogen-bond acceptors (Lipinski definition) is 5. The summed E-state index contributed by atoms with van der Waals surface area (Å²) in [5.41, 5.74) is 0.681. The molecule has 0 unspecified atom stereocenters. The van der Waals surface area contributed by atoms with Crippen LogP contribution < -0.4 is 10.0 Å². The summed E-state index contributed by atoms with van der Waals surface area (Å²) in [6.07, 6.45) is 0. The quantitative estimate of drug-likeness (QED) is 0.531. The molecular formula is C24H23N3O3S2. The Morgan fingerprint density at radius 1 is 0.938 bits per heavy atom. The molecule has 0 saturated carbocycles. The van der Waals surface area contributed by atoms with Crippen molar-refractivity contribution in [2.75, 3.05) is 5.32 Å². The molecule has 164 valence electrons. The van der Waals surface area contributed by atoms with Crippen LogP contribution in [0.15, 0.2) is 87.5 Å². The highest BCUT2D eigenvalue weighted by Crippen LogP contribution is 2.33. The van der Waals surface area contributed by atoms with Gasteiger partial charge in [-0.25, -0.2) is 13.1 Å². The molecule has 0 saturated heterocycles. The van der Waals surface area contributed by atoms with Gasteiger partial charge in [-0.05, 0) is 63.2 Å². The zero-order valence-electron chi connectivity index (χ0n) is 17.9. The van der Waals surface area contributed by atoms with E-state index in [0.717, 1.165) is 4.90 Å². The minimum absolute atomic E-state index is 0.0656. The van der Waals surface area contributed by atoms with Crippen LogP contribution >= 0.6 is 11.8 Å². The lowest BCUT2D eigenvalue weighted by molar-refractivity contribution is 0.102. The Kier molecular flexibility index (Phi) is 7.04. The van der Waals surface area contributed by atoms with Gasteiger partial charge in [-0.1, -0.05) is 42.1 Å². The summed E-state index contributed by atoms with van der Waals surface area (Å²) in [5, 5.41) is 12.1. The number of hydrogen-bond donors (Lipinski definition) is 2. The van der Waals surface area contributed by atoms with Crippen molar-refractivity contribution >= 4 is 33.4 Å². The van der Waals surface area contributed by atoms with Gasteiger partial charge in [0.05, 0.1) is 16.0 Å². The molecule has 32 heavy (non-hydrogen) atoms. The molecule has 0 atom stereocenters. The second-order valence-electron chi connectivity index (χ2n) is 8.04. The molecule has 0 bridgehead atoms. The number of sulfonamides is 1. The van der Waals surface area contributed by atoms with E-state index < -0.39 is 15.6 Å². The van der Waals surface area contributed by atoms with Gasteiger partial charge in [-0.2, -0.15) is 5.26 Å². The molecule has 0 aliphatic heterocycles. The van der Waals surface area contributed by atoms with Gasteiger partial charge in [0, 0.05) is 21.0 Å². The molecule has 3 aromatic rings. The van der Waals surface area contributed by atoms with Crippen LogP contribution in [0.25, 0.3) is 0 Å². The van der Waals surface area contributed by atoms with Crippen LogP contribution in [0.2, 0.25) is 0 Å². The standard InChI is InChI=1S/C24H23N3O3S2/c1-24(2,3)27-32(29,30)19-11-8-10-18(15-19)26-23(28)20-12-5-7-14-22(20)31-21-13-6-4-9-17(21)16-25/h4-15,27H,1-3H3,(H,26,28). The Morgan fingerprint density at radius 2 is 1.59 bits per heavy atom. The molecule has 1 amide bonds. The van der Waals surface area contributed by atoms with E-state index in [1.807, 2.05) is 24.3 Å².